The Hall–Kier alpha value is -1.24. The quantitative estimate of drug-likeness (QED) is 0.404. The Kier molecular flexibility index (Phi) is 7.18. The number of alkyl halides is 2. The normalized spacial score (nSPS) is 15.8. The highest BCUT2D eigenvalue weighted by atomic mass is 79.9. The Morgan fingerprint density at radius 3 is 2.45 bits per heavy atom. The second-order valence-electron chi connectivity index (χ2n) is 6.69. The predicted molar refractivity (Wildman–Crippen MR) is 117 cm³/mol. The molecule has 0 aliphatic heterocycles. The van der Waals surface area contributed by atoms with Crippen LogP contribution in [0.25, 0.3) is 0 Å². The summed E-state index contributed by atoms with van der Waals surface area (Å²) in [5.74, 6) is 0.561. The van der Waals surface area contributed by atoms with E-state index >= 15 is 0 Å². The molecule has 1 unspecified atom stereocenters. The molecule has 3 nitrogen and oxygen atoms in total. The molecule has 2 aromatic carbocycles. The van der Waals surface area contributed by atoms with Crippen LogP contribution in [-0.2, 0) is 16.0 Å². The average molecular weight is 501 g/mol. The van der Waals surface area contributed by atoms with Crippen molar-refractivity contribution in [1.82, 2.24) is 0 Å². The number of thioether (sulfide) groups is 1. The molecule has 0 saturated heterocycles. The lowest BCUT2D eigenvalue weighted by atomic mass is 9.99. The van der Waals surface area contributed by atoms with Crippen LogP contribution in [0.15, 0.2) is 76.8 Å². The van der Waals surface area contributed by atoms with E-state index in [-0.39, 0.29) is 9.72 Å². The Balaban J connectivity index is 1.82. The largest absolute Gasteiger partial charge is 0.399 e. The lowest BCUT2D eigenvalue weighted by molar-refractivity contribution is 0.0557. The molecule has 0 radical (unpaired) electrons. The van der Waals surface area contributed by atoms with Crippen LogP contribution in [0.3, 0.4) is 0 Å². The van der Waals surface area contributed by atoms with Gasteiger partial charge in [0.05, 0.1) is 5.25 Å². The number of rotatable bonds is 7. The van der Waals surface area contributed by atoms with Crippen LogP contribution < -0.4 is 0 Å². The lowest BCUT2D eigenvalue weighted by Gasteiger charge is -2.22. The van der Waals surface area contributed by atoms with Crippen molar-refractivity contribution in [2.75, 3.05) is 0 Å². The SMILES string of the molecule is O=P(O)(O)C(F)(F)c1ccc(CSC(C2=CCCC=C2)c2ccccc2)cc1Br. The van der Waals surface area contributed by atoms with Crippen LogP contribution in [0.4, 0.5) is 8.78 Å². The topological polar surface area (TPSA) is 57.5 Å². The number of hydrogen-bond donors (Lipinski definition) is 2. The third kappa shape index (κ3) is 5.28. The molecule has 29 heavy (non-hydrogen) atoms. The van der Waals surface area contributed by atoms with Crippen molar-refractivity contribution in [3.63, 3.8) is 0 Å². The van der Waals surface area contributed by atoms with E-state index in [0.29, 0.717) is 5.75 Å². The van der Waals surface area contributed by atoms with Crippen LogP contribution in [-0.4, -0.2) is 9.79 Å². The molecule has 154 valence electrons. The summed E-state index contributed by atoms with van der Waals surface area (Å²) >= 11 is 4.73. The molecule has 0 heterocycles. The van der Waals surface area contributed by atoms with E-state index in [0.717, 1.165) is 24.5 Å². The molecule has 2 N–H and O–H groups in total. The molecule has 0 amide bonds. The van der Waals surface area contributed by atoms with Gasteiger partial charge in [0.15, 0.2) is 0 Å². The zero-order chi connectivity index (χ0) is 21.1. The second kappa shape index (κ2) is 9.27. The first-order valence-electron chi connectivity index (χ1n) is 8.95. The van der Waals surface area contributed by atoms with E-state index in [1.807, 2.05) is 18.2 Å². The van der Waals surface area contributed by atoms with Gasteiger partial charge in [0.1, 0.15) is 0 Å². The van der Waals surface area contributed by atoms with E-state index in [1.165, 1.54) is 23.3 Å². The van der Waals surface area contributed by atoms with Gasteiger partial charge in [0.2, 0.25) is 0 Å². The molecular weight excluding hydrogens is 481 g/mol. The van der Waals surface area contributed by atoms with E-state index < -0.39 is 18.8 Å². The minimum atomic E-state index is -5.61. The number of hydrogen-bond acceptors (Lipinski definition) is 2. The first-order chi connectivity index (χ1) is 13.7. The molecule has 1 aliphatic carbocycles. The maximum atomic E-state index is 14.0. The van der Waals surface area contributed by atoms with Crippen LogP contribution in [0.5, 0.6) is 0 Å². The van der Waals surface area contributed by atoms with Gasteiger partial charge < -0.3 is 9.79 Å². The molecule has 3 rings (SSSR count). The van der Waals surface area contributed by atoms with Gasteiger partial charge in [0, 0.05) is 15.8 Å². The number of benzene rings is 2. The van der Waals surface area contributed by atoms with E-state index in [4.69, 9.17) is 9.79 Å². The second-order valence-corrected chi connectivity index (χ2v) is 10.3. The van der Waals surface area contributed by atoms with Gasteiger partial charge in [-0.1, -0.05) is 76.6 Å². The van der Waals surface area contributed by atoms with Crippen LogP contribution in [0.1, 0.15) is 34.8 Å². The smallest absolute Gasteiger partial charge is 0.320 e. The Bertz CT molecular complexity index is 973. The summed E-state index contributed by atoms with van der Waals surface area (Å²) in [6.07, 6.45) is 8.53. The van der Waals surface area contributed by atoms with Crippen molar-refractivity contribution in [1.29, 1.82) is 0 Å². The summed E-state index contributed by atoms with van der Waals surface area (Å²) in [7, 11) is -5.61. The van der Waals surface area contributed by atoms with Crippen LogP contribution in [0, 0.1) is 0 Å². The Morgan fingerprint density at radius 2 is 1.86 bits per heavy atom. The third-order valence-corrected chi connectivity index (χ3v) is 7.58. The van der Waals surface area contributed by atoms with E-state index in [9.17, 15) is 13.3 Å². The van der Waals surface area contributed by atoms with E-state index in [1.54, 1.807) is 11.8 Å². The van der Waals surface area contributed by atoms with Gasteiger partial charge in [-0.05, 0) is 35.6 Å². The zero-order valence-corrected chi connectivity index (χ0v) is 18.6. The van der Waals surface area contributed by atoms with Crippen molar-refractivity contribution in [3.8, 4) is 0 Å². The summed E-state index contributed by atoms with van der Waals surface area (Å²) in [5, 5.41) is 0.114. The van der Waals surface area contributed by atoms with Crippen molar-refractivity contribution in [2.24, 2.45) is 0 Å². The zero-order valence-electron chi connectivity index (χ0n) is 15.3. The first-order valence-corrected chi connectivity index (χ1v) is 12.4. The maximum Gasteiger partial charge on any atom is 0.399 e. The number of allylic oxidation sites excluding steroid dienone is 3. The summed E-state index contributed by atoms with van der Waals surface area (Å²) in [4.78, 5) is 17.9. The monoisotopic (exact) mass is 500 g/mol. The molecule has 0 aromatic heterocycles. The molecule has 0 spiro atoms. The van der Waals surface area contributed by atoms with E-state index in [2.05, 4.69) is 46.3 Å². The molecule has 0 saturated carbocycles. The molecule has 0 bridgehead atoms. The van der Waals surface area contributed by atoms with Crippen molar-refractivity contribution in [3.05, 3.63) is 93.5 Å². The highest BCUT2D eigenvalue weighted by Gasteiger charge is 2.51. The fraction of sp³-hybridized carbons (Fsp3) is 0.238. The van der Waals surface area contributed by atoms with Crippen LogP contribution >= 0.6 is 35.3 Å². The Labute approximate surface area is 181 Å². The van der Waals surface area contributed by atoms with Crippen molar-refractivity contribution in [2.45, 2.75) is 29.5 Å². The molecule has 2 aromatic rings. The number of halogens is 3. The van der Waals surface area contributed by atoms with Gasteiger partial charge in [-0.3, -0.25) is 4.57 Å². The van der Waals surface area contributed by atoms with Crippen molar-refractivity contribution >= 4 is 35.3 Å². The lowest BCUT2D eigenvalue weighted by Crippen LogP contribution is -2.14. The van der Waals surface area contributed by atoms with Gasteiger partial charge in [0.25, 0.3) is 0 Å². The molecule has 1 atom stereocenters. The van der Waals surface area contributed by atoms with Gasteiger partial charge >= 0.3 is 13.3 Å². The summed E-state index contributed by atoms with van der Waals surface area (Å²) < 4.78 is 39.2. The summed E-state index contributed by atoms with van der Waals surface area (Å²) in [5.41, 5.74) is -1.78. The minimum absolute atomic E-state index is 0.0167. The molecule has 8 heteroatoms. The summed E-state index contributed by atoms with van der Waals surface area (Å²) in [6, 6.07) is 14.2. The minimum Gasteiger partial charge on any atom is -0.320 e. The maximum absolute atomic E-state index is 14.0. The van der Waals surface area contributed by atoms with Gasteiger partial charge in [-0.2, -0.15) is 8.78 Å². The molecule has 0 fully saturated rings. The third-order valence-electron chi connectivity index (χ3n) is 4.57. The summed E-state index contributed by atoms with van der Waals surface area (Å²) in [6.45, 7) is 0. The fourth-order valence-corrected chi connectivity index (χ4v) is 5.66. The van der Waals surface area contributed by atoms with Gasteiger partial charge in [-0.15, -0.1) is 11.8 Å². The standard InChI is InChI=1S/C21H20BrF2O3PS/c22-19-13-15(11-12-18(19)21(23,24)28(25,26)27)14-29-20(16-7-3-1-4-8-16)17-9-5-2-6-10-17/h1,3-5,7-13,20H,2,6,14H2,(H2,25,26,27). The highest BCUT2D eigenvalue weighted by Crippen LogP contribution is 2.60. The average Bonchev–Trinajstić information content (AvgIpc) is 2.69. The van der Waals surface area contributed by atoms with Crippen LogP contribution in [0.2, 0.25) is 0 Å². The van der Waals surface area contributed by atoms with Gasteiger partial charge in [-0.25, -0.2) is 0 Å². The molecular formula is C21H20BrF2O3PS. The predicted octanol–water partition coefficient (Wildman–Crippen LogP) is 6.93. The Morgan fingerprint density at radius 1 is 1.14 bits per heavy atom. The van der Waals surface area contributed by atoms with Crippen molar-refractivity contribution < 1.29 is 23.1 Å². The first kappa shape index (κ1) is 22.4. The highest BCUT2D eigenvalue weighted by molar-refractivity contribution is 9.10. The fourth-order valence-electron chi connectivity index (χ4n) is 3.07. The molecule has 1 aliphatic rings.